The largest absolute Gasteiger partial charge is 0.391 e. The zero-order valence-electron chi connectivity index (χ0n) is 26.0. The maximum Gasteiger partial charge on any atom is 0.251 e. The van der Waals surface area contributed by atoms with Crippen molar-refractivity contribution in [3.8, 4) is 0 Å². The molecule has 0 unspecified atom stereocenters. The van der Waals surface area contributed by atoms with Crippen LogP contribution in [0.15, 0.2) is 102 Å². The van der Waals surface area contributed by atoms with Crippen molar-refractivity contribution in [3.63, 3.8) is 0 Å². The summed E-state index contributed by atoms with van der Waals surface area (Å²) in [5, 5.41) is 19.5. The number of benzene rings is 4. The lowest BCUT2D eigenvalue weighted by atomic mass is 9.93. The molecule has 4 aromatic rings. The molecule has 0 saturated carbocycles. The van der Waals surface area contributed by atoms with E-state index in [-0.39, 0.29) is 18.1 Å². The Morgan fingerprint density at radius 1 is 0.844 bits per heavy atom. The van der Waals surface area contributed by atoms with Crippen LogP contribution in [0.1, 0.15) is 42.3 Å². The Morgan fingerprint density at radius 3 is 2.20 bits per heavy atom. The lowest BCUT2D eigenvalue weighted by Gasteiger charge is -2.28. The fourth-order valence-electron chi connectivity index (χ4n) is 5.05. The first-order valence-electron chi connectivity index (χ1n) is 14.8. The maximum atomic E-state index is 13.8. The number of sulfonamides is 1. The molecular weight excluding hydrogens is 607 g/mol. The van der Waals surface area contributed by atoms with Crippen molar-refractivity contribution in [3.05, 3.63) is 114 Å². The smallest absolute Gasteiger partial charge is 0.251 e. The Kier molecular flexibility index (Phi) is 11.4. The number of thioether (sulfide) groups is 1. The third-order valence-electron chi connectivity index (χ3n) is 7.10. The summed E-state index contributed by atoms with van der Waals surface area (Å²) in [6, 6.07) is 28.4. The van der Waals surface area contributed by atoms with E-state index in [1.165, 1.54) is 11.8 Å². The van der Waals surface area contributed by atoms with Gasteiger partial charge in [0.15, 0.2) is 0 Å². The predicted molar refractivity (Wildman–Crippen MR) is 182 cm³/mol. The molecule has 0 radical (unpaired) electrons. The molecule has 0 saturated heterocycles. The van der Waals surface area contributed by atoms with Gasteiger partial charge in [-0.1, -0.05) is 84.9 Å². The highest BCUT2D eigenvalue weighted by atomic mass is 32.2. The average Bonchev–Trinajstić information content (AvgIpc) is 2.98. The fraction of sp³-hybridized carbons (Fsp3) is 0.314. The Bertz CT molecular complexity index is 1720. The predicted octanol–water partition coefficient (Wildman–Crippen LogP) is 4.71. The van der Waals surface area contributed by atoms with Crippen molar-refractivity contribution in [1.29, 1.82) is 0 Å². The van der Waals surface area contributed by atoms with Crippen LogP contribution in [0.25, 0.3) is 10.8 Å². The van der Waals surface area contributed by atoms with Crippen molar-refractivity contribution in [2.24, 2.45) is 0 Å². The van der Waals surface area contributed by atoms with E-state index < -0.39 is 39.7 Å². The van der Waals surface area contributed by atoms with Crippen molar-refractivity contribution < 1.29 is 23.1 Å². The lowest BCUT2D eigenvalue weighted by molar-refractivity contribution is -0.123. The van der Waals surface area contributed by atoms with Crippen LogP contribution < -0.4 is 15.4 Å². The molecule has 2 amide bonds. The summed E-state index contributed by atoms with van der Waals surface area (Å²) in [4.78, 5) is 27.8. The zero-order valence-corrected chi connectivity index (χ0v) is 27.6. The zero-order chi connectivity index (χ0) is 32.6. The van der Waals surface area contributed by atoms with E-state index in [0.29, 0.717) is 17.5 Å². The van der Waals surface area contributed by atoms with Crippen molar-refractivity contribution >= 4 is 44.4 Å². The lowest BCUT2D eigenvalue weighted by Crippen LogP contribution is -2.54. The first kappa shape index (κ1) is 34.2. The van der Waals surface area contributed by atoms with Crippen molar-refractivity contribution in [2.45, 2.75) is 62.2 Å². The molecule has 4 rings (SSSR count). The molecule has 0 fully saturated rings. The van der Waals surface area contributed by atoms with Gasteiger partial charge in [-0.2, -0.15) is 0 Å². The van der Waals surface area contributed by atoms with E-state index in [9.17, 15) is 23.1 Å². The van der Waals surface area contributed by atoms with Gasteiger partial charge in [0, 0.05) is 28.2 Å². The molecule has 45 heavy (non-hydrogen) atoms. The van der Waals surface area contributed by atoms with Gasteiger partial charge in [0.05, 0.1) is 18.4 Å². The first-order valence-corrected chi connectivity index (χ1v) is 17.7. The summed E-state index contributed by atoms with van der Waals surface area (Å²) < 4.78 is 27.2. The Balaban J connectivity index is 1.58. The molecule has 10 heteroatoms. The fourth-order valence-corrected chi connectivity index (χ4v) is 6.96. The number of hydrogen-bond donors (Lipinski definition) is 4. The molecule has 0 aliphatic rings. The normalized spacial score (nSPS) is 14.0. The number of carbonyl (C=O) groups is 2. The number of aliphatic hydroxyl groups excluding tert-OH is 1. The van der Waals surface area contributed by atoms with Gasteiger partial charge >= 0.3 is 0 Å². The molecule has 0 aromatic heterocycles. The van der Waals surface area contributed by atoms with Crippen LogP contribution in [-0.2, 0) is 27.7 Å². The second-order valence-corrected chi connectivity index (χ2v) is 15.0. The van der Waals surface area contributed by atoms with E-state index in [4.69, 9.17) is 0 Å². The van der Waals surface area contributed by atoms with Crippen LogP contribution in [0.4, 0.5) is 0 Å². The molecule has 0 bridgehead atoms. The quantitative estimate of drug-likeness (QED) is 0.156. The number of aliphatic hydroxyl groups is 1. The minimum absolute atomic E-state index is 0.0977. The van der Waals surface area contributed by atoms with E-state index in [2.05, 4.69) is 15.4 Å². The third-order valence-corrected chi connectivity index (χ3v) is 8.98. The number of amides is 2. The maximum absolute atomic E-state index is 13.8. The van der Waals surface area contributed by atoms with Gasteiger partial charge in [0.25, 0.3) is 5.91 Å². The van der Waals surface area contributed by atoms with Crippen LogP contribution in [-0.4, -0.2) is 61.1 Å². The molecule has 0 spiro atoms. The minimum atomic E-state index is -3.74. The van der Waals surface area contributed by atoms with E-state index in [1.54, 1.807) is 24.3 Å². The highest BCUT2D eigenvalue weighted by Crippen LogP contribution is 2.28. The van der Waals surface area contributed by atoms with Gasteiger partial charge in [-0.3, -0.25) is 9.59 Å². The number of hydrogen-bond acceptors (Lipinski definition) is 6. The molecule has 0 heterocycles. The van der Waals surface area contributed by atoms with Crippen molar-refractivity contribution in [2.75, 3.05) is 12.0 Å². The minimum Gasteiger partial charge on any atom is -0.391 e. The average molecular weight is 648 g/mol. The number of nitrogens with one attached hydrogen (secondary N) is 3. The topological polar surface area (TPSA) is 125 Å². The van der Waals surface area contributed by atoms with Gasteiger partial charge in [0.2, 0.25) is 15.9 Å². The van der Waals surface area contributed by atoms with Crippen LogP contribution >= 0.6 is 11.8 Å². The molecular formula is C35H41N3O5S2. The van der Waals surface area contributed by atoms with Crippen LogP contribution in [0, 0.1) is 0 Å². The van der Waals surface area contributed by atoms with Crippen LogP contribution in [0.3, 0.4) is 0 Å². The van der Waals surface area contributed by atoms with Gasteiger partial charge in [-0.25, -0.2) is 13.1 Å². The third kappa shape index (κ3) is 10.4. The van der Waals surface area contributed by atoms with Gasteiger partial charge in [0.1, 0.15) is 6.04 Å². The summed E-state index contributed by atoms with van der Waals surface area (Å²) in [6.07, 6.45) is 0.334. The molecule has 4 aromatic carbocycles. The summed E-state index contributed by atoms with van der Waals surface area (Å²) in [6.45, 7) is 5.69. The van der Waals surface area contributed by atoms with Crippen LogP contribution in [0.5, 0.6) is 0 Å². The first-order chi connectivity index (χ1) is 21.3. The van der Waals surface area contributed by atoms with E-state index in [0.717, 1.165) is 27.5 Å². The van der Waals surface area contributed by atoms with E-state index in [1.807, 2.05) is 93.6 Å². The number of rotatable bonds is 13. The van der Waals surface area contributed by atoms with Gasteiger partial charge in [-0.15, -0.1) is 11.8 Å². The highest BCUT2D eigenvalue weighted by molar-refractivity contribution is 7.99. The Morgan fingerprint density at radius 2 is 1.49 bits per heavy atom. The van der Waals surface area contributed by atoms with Gasteiger partial charge < -0.3 is 15.7 Å². The summed E-state index contributed by atoms with van der Waals surface area (Å²) in [5.74, 6) is -0.666. The van der Waals surface area contributed by atoms with Gasteiger partial charge in [-0.05, 0) is 61.2 Å². The molecule has 8 nitrogen and oxygen atoms in total. The molecule has 0 aliphatic carbocycles. The summed E-state index contributed by atoms with van der Waals surface area (Å²) >= 11 is 1.38. The number of fused-ring (bicyclic) bond motifs is 1. The molecule has 3 atom stereocenters. The highest BCUT2D eigenvalue weighted by Gasteiger charge is 2.29. The molecule has 238 valence electrons. The monoisotopic (exact) mass is 647 g/mol. The molecule has 4 N–H and O–H groups in total. The summed E-state index contributed by atoms with van der Waals surface area (Å²) in [5.41, 5.74) is 1.52. The standard InChI is InChI=1S/C35H41N3O5S2/c1-35(2,3)37-33(40)28-19-11-9-16-26(28)22-31(39)29(21-24-13-6-5-7-14-24)36-34(41)30(38-45(4,42)43)23-44-32-20-12-17-25-15-8-10-18-27(25)32/h5-20,29-31,38-39H,21-23H2,1-4H3,(H,36,41)(H,37,40)/t29-,30-,31+/m0/s1. The second kappa shape index (κ2) is 15.1. The SMILES string of the molecule is CC(C)(C)NC(=O)c1ccccc1C[C@@H](O)[C@H](Cc1ccccc1)NC(=O)[C@H](CSc1cccc2ccccc12)NS(C)(=O)=O. The summed E-state index contributed by atoms with van der Waals surface area (Å²) in [7, 11) is -3.74. The van der Waals surface area contributed by atoms with Crippen LogP contribution in [0.2, 0.25) is 0 Å². The molecule has 0 aliphatic heterocycles. The Hall–Kier alpha value is -3.70. The van der Waals surface area contributed by atoms with E-state index >= 15 is 0 Å². The van der Waals surface area contributed by atoms with Crippen molar-refractivity contribution in [1.82, 2.24) is 15.4 Å². The number of carbonyl (C=O) groups excluding carboxylic acids is 2. The Labute approximate surface area is 270 Å². The second-order valence-electron chi connectivity index (χ2n) is 12.2.